The Bertz CT molecular complexity index is 1020. The minimum Gasteiger partial charge on any atom is -0.365 e. The Labute approximate surface area is 192 Å². The van der Waals surface area contributed by atoms with Crippen molar-refractivity contribution in [1.82, 2.24) is 9.88 Å². The Balaban J connectivity index is 1.35. The number of halogens is 2. The zero-order chi connectivity index (χ0) is 23.2. The van der Waals surface area contributed by atoms with E-state index in [1.165, 1.54) is 24.3 Å². The second kappa shape index (κ2) is 10.4. The largest absolute Gasteiger partial charge is 0.365 e. The number of nitrogens with zero attached hydrogens (tertiary/aromatic N) is 4. The van der Waals surface area contributed by atoms with Gasteiger partial charge in [0, 0.05) is 50.3 Å². The van der Waals surface area contributed by atoms with Gasteiger partial charge >= 0.3 is 0 Å². The van der Waals surface area contributed by atoms with Crippen molar-refractivity contribution in [2.24, 2.45) is 5.73 Å². The van der Waals surface area contributed by atoms with E-state index in [-0.39, 0.29) is 11.6 Å². The smallest absolute Gasteiger partial charge is 0.252 e. The van der Waals surface area contributed by atoms with Crippen molar-refractivity contribution in [3.8, 4) is 0 Å². The zero-order valence-electron chi connectivity index (χ0n) is 18.3. The number of amides is 1. The highest BCUT2D eigenvalue weighted by Gasteiger charge is 2.21. The lowest BCUT2D eigenvalue weighted by Crippen LogP contribution is -2.47. The summed E-state index contributed by atoms with van der Waals surface area (Å²) in [5, 5.41) is 0. The number of hydrogen-bond donors (Lipinski definition) is 1. The summed E-state index contributed by atoms with van der Waals surface area (Å²) in [5.74, 6) is -0.406. The Morgan fingerprint density at radius 1 is 0.909 bits per heavy atom. The molecule has 8 heteroatoms. The number of pyridine rings is 1. The summed E-state index contributed by atoms with van der Waals surface area (Å²) in [4.78, 5) is 22.6. The van der Waals surface area contributed by atoms with Gasteiger partial charge in [-0.3, -0.25) is 9.69 Å². The van der Waals surface area contributed by atoms with Crippen LogP contribution in [0.5, 0.6) is 0 Å². The number of nitrogens with two attached hydrogens (primary N) is 1. The fourth-order valence-corrected chi connectivity index (χ4v) is 4.13. The molecular weight excluding hydrogens is 424 g/mol. The summed E-state index contributed by atoms with van der Waals surface area (Å²) in [6.07, 6.45) is 2.55. The van der Waals surface area contributed by atoms with E-state index < -0.39 is 5.91 Å². The molecule has 1 aliphatic heterocycles. The predicted octanol–water partition coefficient (Wildman–Crippen LogP) is 3.81. The zero-order valence-corrected chi connectivity index (χ0v) is 18.3. The molecule has 0 atom stereocenters. The molecular formula is C25H27F2N5O. The van der Waals surface area contributed by atoms with Crippen molar-refractivity contribution in [1.29, 1.82) is 0 Å². The number of rotatable bonds is 8. The molecule has 0 radical (unpaired) electrons. The monoisotopic (exact) mass is 451 g/mol. The second-order valence-electron chi connectivity index (χ2n) is 8.03. The molecule has 3 aromatic rings. The van der Waals surface area contributed by atoms with Crippen LogP contribution in [0.1, 0.15) is 16.8 Å². The molecule has 1 aromatic heterocycles. The van der Waals surface area contributed by atoms with Crippen molar-refractivity contribution in [2.75, 3.05) is 49.1 Å². The van der Waals surface area contributed by atoms with Gasteiger partial charge < -0.3 is 15.5 Å². The topological polar surface area (TPSA) is 65.7 Å². The molecule has 2 N–H and O–H groups in total. The van der Waals surface area contributed by atoms with Crippen LogP contribution >= 0.6 is 0 Å². The van der Waals surface area contributed by atoms with Gasteiger partial charge in [-0.25, -0.2) is 13.8 Å². The first-order valence-electron chi connectivity index (χ1n) is 11.0. The molecule has 0 saturated carbocycles. The molecule has 0 aliphatic carbocycles. The first-order valence-corrected chi connectivity index (χ1v) is 11.0. The van der Waals surface area contributed by atoms with E-state index in [4.69, 9.17) is 5.73 Å². The highest BCUT2D eigenvalue weighted by Crippen LogP contribution is 2.26. The van der Waals surface area contributed by atoms with Crippen LogP contribution in [0.4, 0.5) is 26.0 Å². The van der Waals surface area contributed by atoms with Crippen LogP contribution in [-0.2, 0) is 0 Å². The van der Waals surface area contributed by atoms with Crippen molar-refractivity contribution in [3.63, 3.8) is 0 Å². The second-order valence-corrected chi connectivity index (χ2v) is 8.03. The van der Waals surface area contributed by atoms with Crippen LogP contribution in [0.2, 0.25) is 0 Å². The minimum atomic E-state index is -0.470. The first kappa shape index (κ1) is 22.7. The normalized spacial score (nSPS) is 14.3. The quantitative estimate of drug-likeness (QED) is 0.564. The summed E-state index contributed by atoms with van der Waals surface area (Å²) in [6.45, 7) is 4.82. The van der Waals surface area contributed by atoms with E-state index in [1.54, 1.807) is 42.6 Å². The fourth-order valence-electron chi connectivity index (χ4n) is 4.13. The Kier molecular flexibility index (Phi) is 7.14. The van der Waals surface area contributed by atoms with Crippen LogP contribution in [0.15, 0.2) is 66.9 Å². The van der Waals surface area contributed by atoms with Crippen molar-refractivity contribution < 1.29 is 13.6 Å². The van der Waals surface area contributed by atoms with Gasteiger partial charge in [0.15, 0.2) is 0 Å². The molecule has 0 unspecified atom stereocenters. The van der Waals surface area contributed by atoms with E-state index in [0.29, 0.717) is 17.9 Å². The van der Waals surface area contributed by atoms with Crippen molar-refractivity contribution >= 4 is 23.1 Å². The van der Waals surface area contributed by atoms with Gasteiger partial charge in [-0.1, -0.05) is 0 Å². The van der Waals surface area contributed by atoms with Gasteiger partial charge in [0.2, 0.25) is 0 Å². The average Bonchev–Trinajstić information content (AvgIpc) is 2.84. The third-order valence-corrected chi connectivity index (χ3v) is 5.86. The number of hydrogen-bond acceptors (Lipinski definition) is 5. The average molecular weight is 452 g/mol. The van der Waals surface area contributed by atoms with Crippen molar-refractivity contribution in [3.05, 3.63) is 84.1 Å². The fraction of sp³-hybridized carbons (Fsp3) is 0.280. The number of aromatic nitrogens is 1. The lowest BCUT2D eigenvalue weighted by atomic mass is 10.2. The summed E-state index contributed by atoms with van der Waals surface area (Å²) < 4.78 is 26.8. The Morgan fingerprint density at radius 3 is 2.03 bits per heavy atom. The standard InChI is InChI=1S/C25H27F2N5O/c26-19-4-8-21(9-5-19)32(22-10-6-20(27)7-11-22)14-2-13-30-15-17-31(18-16-30)25-23(24(28)33)3-1-12-29-25/h1,3-12H,2,13-18H2,(H2,28,33). The number of primary amides is 1. The van der Waals surface area contributed by atoms with Crippen LogP contribution in [0, 0.1) is 11.6 Å². The summed E-state index contributed by atoms with van der Waals surface area (Å²) in [7, 11) is 0. The molecule has 2 aromatic carbocycles. The Hall–Kier alpha value is -3.52. The maximum atomic E-state index is 13.4. The molecule has 0 bridgehead atoms. The first-order chi connectivity index (χ1) is 16.0. The molecule has 1 amide bonds. The predicted molar refractivity (Wildman–Crippen MR) is 126 cm³/mol. The van der Waals surface area contributed by atoms with Gasteiger partial charge in [-0.2, -0.15) is 0 Å². The lowest BCUT2D eigenvalue weighted by Gasteiger charge is -2.36. The molecule has 2 heterocycles. The number of benzene rings is 2. The molecule has 33 heavy (non-hydrogen) atoms. The number of piperazine rings is 1. The minimum absolute atomic E-state index is 0.289. The molecule has 1 fully saturated rings. The van der Waals surface area contributed by atoms with Gasteiger partial charge in [0.1, 0.15) is 17.5 Å². The van der Waals surface area contributed by atoms with E-state index in [1.807, 2.05) is 0 Å². The number of carbonyl (C=O) groups is 1. The van der Waals surface area contributed by atoms with Crippen LogP contribution in [0.25, 0.3) is 0 Å². The van der Waals surface area contributed by atoms with Crippen LogP contribution < -0.4 is 15.5 Å². The maximum Gasteiger partial charge on any atom is 0.252 e. The van der Waals surface area contributed by atoms with Crippen LogP contribution in [0.3, 0.4) is 0 Å². The lowest BCUT2D eigenvalue weighted by molar-refractivity contribution is 0.1000. The van der Waals surface area contributed by atoms with E-state index in [9.17, 15) is 13.6 Å². The molecule has 4 rings (SSSR count). The summed E-state index contributed by atoms with van der Waals surface area (Å²) in [6, 6.07) is 16.1. The highest BCUT2D eigenvalue weighted by atomic mass is 19.1. The Morgan fingerprint density at radius 2 is 1.48 bits per heavy atom. The highest BCUT2D eigenvalue weighted by molar-refractivity contribution is 5.97. The molecule has 1 saturated heterocycles. The van der Waals surface area contributed by atoms with Gasteiger partial charge in [-0.05, 0) is 73.6 Å². The molecule has 0 spiro atoms. The maximum absolute atomic E-state index is 13.4. The number of anilines is 3. The van der Waals surface area contributed by atoms with Crippen molar-refractivity contribution in [2.45, 2.75) is 6.42 Å². The van der Waals surface area contributed by atoms with E-state index in [2.05, 4.69) is 19.7 Å². The van der Waals surface area contributed by atoms with E-state index in [0.717, 1.165) is 50.5 Å². The van der Waals surface area contributed by atoms with Gasteiger partial charge in [-0.15, -0.1) is 0 Å². The summed E-state index contributed by atoms with van der Waals surface area (Å²) in [5.41, 5.74) is 7.66. The molecule has 1 aliphatic rings. The molecule has 172 valence electrons. The van der Waals surface area contributed by atoms with E-state index >= 15 is 0 Å². The van der Waals surface area contributed by atoms with Crippen LogP contribution in [-0.4, -0.2) is 55.1 Å². The summed E-state index contributed by atoms with van der Waals surface area (Å²) >= 11 is 0. The SMILES string of the molecule is NC(=O)c1cccnc1N1CCN(CCCN(c2ccc(F)cc2)c2ccc(F)cc2)CC1. The molecule has 6 nitrogen and oxygen atoms in total. The number of carbonyl (C=O) groups excluding carboxylic acids is 1. The van der Waals surface area contributed by atoms with Gasteiger partial charge in [0.25, 0.3) is 5.91 Å². The third-order valence-electron chi connectivity index (χ3n) is 5.86. The van der Waals surface area contributed by atoms with Gasteiger partial charge in [0.05, 0.1) is 5.56 Å². The third kappa shape index (κ3) is 5.64.